The van der Waals surface area contributed by atoms with Gasteiger partial charge in [0.25, 0.3) is 0 Å². The Morgan fingerprint density at radius 3 is 1.88 bits per heavy atom. The quantitative estimate of drug-likeness (QED) is 0.129. The van der Waals surface area contributed by atoms with E-state index in [1.165, 1.54) is 21.5 Å². The van der Waals surface area contributed by atoms with Gasteiger partial charge in [0.15, 0.2) is 11.7 Å². The second-order valence-corrected chi connectivity index (χ2v) is 12.9. The molecular formula is C48H33N3O. The highest BCUT2D eigenvalue weighted by Crippen LogP contribution is 2.37. The Bertz CT molecular complexity index is 2830. The lowest BCUT2D eigenvalue weighted by molar-refractivity contribution is 0.669. The molecule has 0 saturated heterocycles. The van der Waals surface area contributed by atoms with Crippen molar-refractivity contribution in [2.45, 2.75) is 6.54 Å². The van der Waals surface area contributed by atoms with Crippen LogP contribution in [0, 0.1) is 0 Å². The highest BCUT2D eigenvalue weighted by atomic mass is 16.3. The first-order chi connectivity index (χ1) is 25.7. The van der Waals surface area contributed by atoms with E-state index in [9.17, 15) is 0 Å². The summed E-state index contributed by atoms with van der Waals surface area (Å²) in [5.74, 6) is 1.05. The van der Waals surface area contributed by atoms with Gasteiger partial charge in [0.2, 0.25) is 0 Å². The number of aliphatic imine (C=N–C) groups is 3. The summed E-state index contributed by atoms with van der Waals surface area (Å²) >= 11 is 0. The van der Waals surface area contributed by atoms with E-state index in [2.05, 4.69) is 163 Å². The summed E-state index contributed by atoms with van der Waals surface area (Å²) in [6.45, 7) is 4.49. The van der Waals surface area contributed by atoms with Crippen LogP contribution in [0.2, 0.25) is 0 Å². The molecule has 9 rings (SSSR count). The van der Waals surface area contributed by atoms with E-state index >= 15 is 0 Å². The number of rotatable bonds is 6. The van der Waals surface area contributed by atoms with Gasteiger partial charge in [0.05, 0.1) is 6.54 Å². The van der Waals surface area contributed by atoms with Gasteiger partial charge in [-0.05, 0) is 86.4 Å². The Morgan fingerprint density at radius 2 is 1.12 bits per heavy atom. The van der Waals surface area contributed by atoms with Gasteiger partial charge in [-0.15, -0.1) is 0 Å². The van der Waals surface area contributed by atoms with Gasteiger partial charge in [-0.25, -0.2) is 9.98 Å². The molecule has 52 heavy (non-hydrogen) atoms. The molecule has 8 aromatic carbocycles. The van der Waals surface area contributed by atoms with Crippen LogP contribution in [0.3, 0.4) is 0 Å². The maximum atomic E-state index is 6.48. The van der Waals surface area contributed by atoms with Gasteiger partial charge in [-0.1, -0.05) is 146 Å². The molecular weight excluding hydrogens is 635 g/mol. The van der Waals surface area contributed by atoms with Crippen molar-refractivity contribution in [3.8, 4) is 22.3 Å². The third kappa shape index (κ3) is 5.97. The molecule has 1 heterocycles. The van der Waals surface area contributed by atoms with Crippen molar-refractivity contribution >= 4 is 61.9 Å². The van der Waals surface area contributed by atoms with E-state index in [-0.39, 0.29) is 0 Å². The van der Waals surface area contributed by atoms with Gasteiger partial charge in [0, 0.05) is 21.9 Å². The minimum Gasteiger partial charge on any atom is -0.456 e. The minimum atomic E-state index is 0.454. The molecule has 9 aromatic rings. The Balaban J connectivity index is 1.21. The summed E-state index contributed by atoms with van der Waals surface area (Å²) in [6, 6.07) is 60.9. The fourth-order valence-corrected chi connectivity index (χ4v) is 6.98. The van der Waals surface area contributed by atoms with Gasteiger partial charge in [0.1, 0.15) is 11.2 Å². The Hall–Kier alpha value is -6.91. The van der Waals surface area contributed by atoms with Crippen LogP contribution in [-0.2, 0) is 6.54 Å². The summed E-state index contributed by atoms with van der Waals surface area (Å²) in [5, 5.41) is 6.68. The van der Waals surface area contributed by atoms with Crippen LogP contribution in [0.15, 0.2) is 195 Å². The zero-order valence-corrected chi connectivity index (χ0v) is 28.4. The van der Waals surface area contributed by atoms with Crippen molar-refractivity contribution in [3.63, 3.8) is 0 Å². The minimum absolute atomic E-state index is 0.454. The predicted molar refractivity (Wildman–Crippen MR) is 219 cm³/mol. The summed E-state index contributed by atoms with van der Waals surface area (Å²) < 4.78 is 6.48. The summed E-state index contributed by atoms with van der Waals surface area (Å²) in [6.07, 6.45) is 0. The SMILES string of the molecule is C=N/C(=N\C(=N/Cc1ccc2ccccc2c1)c1ccc(-c2ccccc2)cc1)c1cc(-c2ccc3ccccc3c2)cc2oc3ccccc3c12. The number of fused-ring (bicyclic) bond motifs is 5. The fourth-order valence-electron chi connectivity index (χ4n) is 6.98. The first kappa shape index (κ1) is 31.1. The Labute approximate surface area is 301 Å². The number of furan rings is 1. The van der Waals surface area contributed by atoms with E-state index in [4.69, 9.17) is 14.4 Å². The summed E-state index contributed by atoms with van der Waals surface area (Å²) in [5.41, 5.74) is 8.75. The van der Waals surface area contributed by atoms with Crippen molar-refractivity contribution in [1.82, 2.24) is 0 Å². The van der Waals surface area contributed by atoms with Crippen LogP contribution in [0.5, 0.6) is 0 Å². The van der Waals surface area contributed by atoms with Gasteiger partial charge < -0.3 is 4.42 Å². The van der Waals surface area contributed by atoms with Crippen LogP contribution < -0.4 is 0 Å². The number of para-hydroxylation sites is 1. The lowest BCUT2D eigenvalue weighted by Crippen LogP contribution is -2.06. The standard InChI is InChI=1S/C48H33N3O/c1-49-48(43-29-41(40-26-23-35-14-6-8-16-39(35)28-40)30-45-46(43)42-17-9-10-18-44(42)52-45)51-47(37-24-21-36(22-25-37)33-11-3-2-4-12-33)50-31-32-19-20-34-13-5-7-15-38(34)27-32/h2-30H,1,31H2/b50-47-,51-48-. The maximum Gasteiger partial charge on any atom is 0.161 e. The molecule has 0 aliphatic carbocycles. The molecule has 0 fully saturated rings. The molecule has 0 unspecified atom stereocenters. The van der Waals surface area contributed by atoms with Gasteiger partial charge >= 0.3 is 0 Å². The Kier molecular flexibility index (Phi) is 8.03. The van der Waals surface area contributed by atoms with Crippen LogP contribution in [0.4, 0.5) is 0 Å². The van der Waals surface area contributed by atoms with Gasteiger partial charge in [-0.2, -0.15) is 0 Å². The normalized spacial score (nSPS) is 12.2. The number of hydrogen-bond acceptors (Lipinski definition) is 2. The van der Waals surface area contributed by atoms with Gasteiger partial charge in [-0.3, -0.25) is 4.99 Å². The van der Waals surface area contributed by atoms with E-state index in [1.54, 1.807) is 0 Å². The molecule has 1 aromatic heterocycles. The zero-order chi connectivity index (χ0) is 34.9. The third-order valence-electron chi connectivity index (χ3n) is 9.64. The van der Waals surface area contributed by atoms with Crippen molar-refractivity contribution in [2.75, 3.05) is 0 Å². The molecule has 0 amide bonds. The zero-order valence-electron chi connectivity index (χ0n) is 28.4. The number of amidine groups is 2. The average molecular weight is 668 g/mol. The van der Waals surface area contributed by atoms with Crippen LogP contribution in [-0.4, -0.2) is 18.4 Å². The largest absolute Gasteiger partial charge is 0.456 e. The predicted octanol–water partition coefficient (Wildman–Crippen LogP) is 12.3. The third-order valence-corrected chi connectivity index (χ3v) is 9.64. The second kappa shape index (κ2) is 13.4. The molecule has 0 aliphatic rings. The van der Waals surface area contributed by atoms with Crippen molar-refractivity contribution in [3.05, 3.63) is 193 Å². The summed E-state index contributed by atoms with van der Waals surface area (Å²) in [4.78, 5) is 15.0. The molecule has 0 aliphatic heterocycles. The monoisotopic (exact) mass is 667 g/mol. The highest BCUT2D eigenvalue weighted by molar-refractivity contribution is 6.22. The van der Waals surface area contributed by atoms with E-state index in [0.717, 1.165) is 60.9 Å². The molecule has 0 bridgehead atoms. The van der Waals surface area contributed by atoms with Crippen molar-refractivity contribution in [1.29, 1.82) is 0 Å². The van der Waals surface area contributed by atoms with E-state index < -0.39 is 0 Å². The van der Waals surface area contributed by atoms with Crippen LogP contribution in [0.1, 0.15) is 16.7 Å². The first-order valence-electron chi connectivity index (χ1n) is 17.4. The number of hydrogen-bond donors (Lipinski definition) is 0. The van der Waals surface area contributed by atoms with E-state index in [0.29, 0.717) is 18.2 Å². The number of benzene rings is 8. The molecule has 4 heteroatoms. The average Bonchev–Trinajstić information content (AvgIpc) is 3.59. The van der Waals surface area contributed by atoms with Crippen molar-refractivity contribution in [2.24, 2.45) is 15.0 Å². The molecule has 4 nitrogen and oxygen atoms in total. The lowest BCUT2D eigenvalue weighted by atomic mass is 9.96. The number of nitrogens with zero attached hydrogens (tertiary/aromatic N) is 3. The topological polar surface area (TPSA) is 50.2 Å². The first-order valence-corrected chi connectivity index (χ1v) is 17.4. The Morgan fingerprint density at radius 1 is 0.481 bits per heavy atom. The highest BCUT2D eigenvalue weighted by Gasteiger charge is 2.18. The molecule has 0 radical (unpaired) electrons. The molecule has 0 atom stereocenters. The molecule has 0 N–H and O–H groups in total. The maximum absolute atomic E-state index is 6.48. The second-order valence-electron chi connectivity index (χ2n) is 12.9. The van der Waals surface area contributed by atoms with E-state index in [1.807, 2.05) is 24.3 Å². The fraction of sp³-hybridized carbons (Fsp3) is 0.0208. The lowest BCUT2D eigenvalue weighted by Gasteiger charge is -2.11. The molecule has 246 valence electrons. The summed E-state index contributed by atoms with van der Waals surface area (Å²) in [7, 11) is 0. The smallest absolute Gasteiger partial charge is 0.161 e. The van der Waals surface area contributed by atoms with Crippen LogP contribution >= 0.6 is 0 Å². The van der Waals surface area contributed by atoms with Crippen molar-refractivity contribution < 1.29 is 4.42 Å². The molecule has 0 spiro atoms. The van der Waals surface area contributed by atoms with Crippen LogP contribution in [0.25, 0.3) is 65.7 Å². The molecule has 0 saturated carbocycles.